The SMILES string of the molecule is COc1ccc(C(=O)NC2CCN(Cc3noc(-c4ccccc4)n3)C2)cc1F. The molecule has 1 N–H and O–H groups in total. The van der Waals surface area contributed by atoms with E-state index in [0.29, 0.717) is 24.8 Å². The molecule has 3 aromatic rings. The van der Waals surface area contributed by atoms with E-state index in [-0.39, 0.29) is 23.3 Å². The van der Waals surface area contributed by atoms with E-state index in [0.717, 1.165) is 18.5 Å². The van der Waals surface area contributed by atoms with Crippen LogP contribution in [0.4, 0.5) is 4.39 Å². The number of carbonyl (C=O) groups excluding carboxylic acids is 1. The summed E-state index contributed by atoms with van der Waals surface area (Å²) in [6.07, 6.45) is 0.799. The molecule has 1 saturated heterocycles. The quantitative estimate of drug-likeness (QED) is 0.690. The molecule has 8 heteroatoms. The maximum atomic E-state index is 13.8. The van der Waals surface area contributed by atoms with Crippen LogP contribution in [0.2, 0.25) is 0 Å². The lowest BCUT2D eigenvalue weighted by Crippen LogP contribution is -2.37. The van der Waals surface area contributed by atoms with Crippen LogP contribution in [0.3, 0.4) is 0 Å². The third-order valence-corrected chi connectivity index (χ3v) is 4.88. The van der Waals surface area contributed by atoms with Crippen molar-refractivity contribution in [3.8, 4) is 17.2 Å². The fraction of sp³-hybridized carbons (Fsp3) is 0.286. The largest absolute Gasteiger partial charge is 0.494 e. The molecule has 1 unspecified atom stereocenters. The molecule has 7 nitrogen and oxygen atoms in total. The summed E-state index contributed by atoms with van der Waals surface area (Å²) in [7, 11) is 1.39. The molecule has 1 fully saturated rings. The summed E-state index contributed by atoms with van der Waals surface area (Å²) in [5.74, 6) is 0.353. The van der Waals surface area contributed by atoms with E-state index < -0.39 is 5.82 Å². The predicted molar refractivity (Wildman–Crippen MR) is 104 cm³/mol. The molecule has 0 radical (unpaired) electrons. The lowest BCUT2D eigenvalue weighted by molar-refractivity contribution is 0.0937. The molecule has 1 aliphatic heterocycles. The maximum absolute atomic E-state index is 13.8. The van der Waals surface area contributed by atoms with E-state index in [1.54, 1.807) is 6.07 Å². The molecule has 1 aromatic heterocycles. The smallest absolute Gasteiger partial charge is 0.257 e. The van der Waals surface area contributed by atoms with Crippen molar-refractivity contribution < 1.29 is 18.4 Å². The molecule has 1 amide bonds. The van der Waals surface area contributed by atoms with Gasteiger partial charge in [-0.05, 0) is 36.8 Å². The third-order valence-electron chi connectivity index (χ3n) is 4.88. The van der Waals surface area contributed by atoms with Gasteiger partial charge in [0.15, 0.2) is 17.4 Å². The minimum Gasteiger partial charge on any atom is -0.494 e. The van der Waals surface area contributed by atoms with Gasteiger partial charge in [0.05, 0.1) is 13.7 Å². The molecule has 1 atom stereocenters. The highest BCUT2D eigenvalue weighted by Gasteiger charge is 2.26. The van der Waals surface area contributed by atoms with E-state index in [2.05, 4.69) is 20.4 Å². The summed E-state index contributed by atoms with van der Waals surface area (Å²) < 4.78 is 24.0. The van der Waals surface area contributed by atoms with Crippen LogP contribution in [0.1, 0.15) is 22.6 Å². The van der Waals surface area contributed by atoms with Crippen LogP contribution in [-0.4, -0.2) is 47.2 Å². The molecule has 4 rings (SSSR count). The van der Waals surface area contributed by atoms with Crippen molar-refractivity contribution in [1.29, 1.82) is 0 Å². The number of rotatable bonds is 6. The van der Waals surface area contributed by atoms with Crippen LogP contribution < -0.4 is 10.1 Å². The molecule has 0 spiro atoms. The third kappa shape index (κ3) is 4.43. The number of aromatic nitrogens is 2. The first-order valence-electron chi connectivity index (χ1n) is 9.37. The second kappa shape index (κ2) is 8.40. The summed E-state index contributed by atoms with van der Waals surface area (Å²) >= 11 is 0. The van der Waals surface area contributed by atoms with Crippen LogP contribution in [0.5, 0.6) is 5.75 Å². The first kappa shape index (κ1) is 19.1. The van der Waals surface area contributed by atoms with Crippen molar-refractivity contribution >= 4 is 5.91 Å². The van der Waals surface area contributed by atoms with Crippen molar-refractivity contribution in [3.63, 3.8) is 0 Å². The Labute approximate surface area is 167 Å². The van der Waals surface area contributed by atoms with E-state index in [4.69, 9.17) is 9.26 Å². The molecular formula is C21H21FN4O3. The number of nitrogens with zero attached hydrogens (tertiary/aromatic N) is 3. The Bertz CT molecular complexity index is 993. The number of methoxy groups -OCH3 is 1. The number of halogens is 1. The van der Waals surface area contributed by atoms with Gasteiger partial charge in [0.2, 0.25) is 0 Å². The zero-order chi connectivity index (χ0) is 20.2. The van der Waals surface area contributed by atoms with Crippen molar-refractivity contribution in [2.45, 2.75) is 19.0 Å². The van der Waals surface area contributed by atoms with Crippen molar-refractivity contribution in [1.82, 2.24) is 20.4 Å². The van der Waals surface area contributed by atoms with Crippen LogP contribution in [-0.2, 0) is 6.54 Å². The number of benzene rings is 2. The fourth-order valence-electron chi connectivity index (χ4n) is 3.39. The molecule has 0 aliphatic carbocycles. The van der Waals surface area contributed by atoms with E-state index in [1.165, 1.54) is 19.2 Å². The van der Waals surface area contributed by atoms with Gasteiger partial charge in [0, 0.05) is 30.3 Å². The number of hydrogen-bond donors (Lipinski definition) is 1. The highest BCUT2D eigenvalue weighted by molar-refractivity contribution is 5.94. The molecule has 29 heavy (non-hydrogen) atoms. The van der Waals surface area contributed by atoms with Gasteiger partial charge in [-0.15, -0.1) is 0 Å². The standard InChI is InChI=1S/C21H21FN4O3/c1-28-18-8-7-15(11-17(18)22)20(27)23-16-9-10-26(12-16)13-19-24-21(29-25-19)14-5-3-2-4-6-14/h2-8,11,16H,9-10,12-13H2,1H3,(H,23,27). The molecule has 150 valence electrons. The van der Waals surface area contributed by atoms with E-state index in [1.807, 2.05) is 30.3 Å². The van der Waals surface area contributed by atoms with E-state index >= 15 is 0 Å². The minimum atomic E-state index is -0.556. The Kier molecular flexibility index (Phi) is 5.53. The van der Waals surface area contributed by atoms with Gasteiger partial charge >= 0.3 is 0 Å². The van der Waals surface area contributed by atoms with Crippen molar-refractivity contribution in [2.75, 3.05) is 20.2 Å². The predicted octanol–water partition coefficient (Wildman–Crippen LogP) is 2.89. The average molecular weight is 396 g/mol. The van der Waals surface area contributed by atoms with Gasteiger partial charge in [-0.3, -0.25) is 9.69 Å². The maximum Gasteiger partial charge on any atom is 0.257 e. The number of amides is 1. The molecule has 0 saturated carbocycles. The second-order valence-corrected chi connectivity index (χ2v) is 6.93. The summed E-state index contributed by atoms with van der Waals surface area (Å²) in [6, 6.07) is 13.8. The van der Waals surface area contributed by atoms with Crippen LogP contribution >= 0.6 is 0 Å². The monoisotopic (exact) mass is 396 g/mol. The first-order chi connectivity index (χ1) is 14.1. The van der Waals surface area contributed by atoms with Gasteiger partial charge in [0.1, 0.15) is 0 Å². The Morgan fingerprint density at radius 2 is 2.14 bits per heavy atom. The van der Waals surface area contributed by atoms with Gasteiger partial charge in [-0.1, -0.05) is 23.4 Å². The highest BCUT2D eigenvalue weighted by Crippen LogP contribution is 2.20. The number of hydrogen-bond acceptors (Lipinski definition) is 6. The average Bonchev–Trinajstić information content (AvgIpc) is 3.38. The van der Waals surface area contributed by atoms with Crippen LogP contribution in [0, 0.1) is 5.82 Å². The lowest BCUT2D eigenvalue weighted by atomic mass is 10.1. The fourth-order valence-corrected chi connectivity index (χ4v) is 3.39. The highest BCUT2D eigenvalue weighted by atomic mass is 19.1. The van der Waals surface area contributed by atoms with Gasteiger partial charge in [-0.25, -0.2) is 4.39 Å². The minimum absolute atomic E-state index is 0.0202. The zero-order valence-electron chi connectivity index (χ0n) is 16.0. The van der Waals surface area contributed by atoms with Crippen molar-refractivity contribution in [2.24, 2.45) is 0 Å². The Hall–Kier alpha value is -3.26. The second-order valence-electron chi connectivity index (χ2n) is 6.93. The Morgan fingerprint density at radius 3 is 2.90 bits per heavy atom. The lowest BCUT2D eigenvalue weighted by Gasteiger charge is -2.15. The summed E-state index contributed by atoms with van der Waals surface area (Å²) in [4.78, 5) is 19.0. The summed E-state index contributed by atoms with van der Waals surface area (Å²) in [6.45, 7) is 2.01. The van der Waals surface area contributed by atoms with Crippen LogP contribution in [0.25, 0.3) is 11.5 Å². The van der Waals surface area contributed by atoms with Gasteiger partial charge < -0.3 is 14.6 Å². The Balaban J connectivity index is 1.32. The number of nitrogens with one attached hydrogen (secondary N) is 1. The summed E-state index contributed by atoms with van der Waals surface area (Å²) in [5.41, 5.74) is 1.15. The molecule has 0 bridgehead atoms. The molecule has 1 aliphatic rings. The van der Waals surface area contributed by atoms with E-state index in [9.17, 15) is 9.18 Å². The topological polar surface area (TPSA) is 80.5 Å². The van der Waals surface area contributed by atoms with Crippen molar-refractivity contribution in [3.05, 3.63) is 65.7 Å². The number of carbonyl (C=O) groups is 1. The zero-order valence-corrected chi connectivity index (χ0v) is 16.0. The molecular weight excluding hydrogens is 375 g/mol. The first-order valence-corrected chi connectivity index (χ1v) is 9.37. The molecule has 2 aromatic carbocycles. The van der Waals surface area contributed by atoms with Gasteiger partial charge in [0.25, 0.3) is 11.8 Å². The normalized spacial score (nSPS) is 16.7. The Morgan fingerprint density at radius 1 is 1.31 bits per heavy atom. The number of likely N-dealkylation sites (tertiary alicyclic amines) is 1. The van der Waals surface area contributed by atoms with Crippen LogP contribution in [0.15, 0.2) is 53.1 Å². The van der Waals surface area contributed by atoms with Gasteiger partial charge in [-0.2, -0.15) is 4.98 Å². The summed E-state index contributed by atoms with van der Waals surface area (Å²) in [5, 5.41) is 7.00. The molecule has 2 heterocycles. The number of ether oxygens (including phenoxy) is 1.